The first kappa shape index (κ1) is 13.4. The van der Waals surface area contributed by atoms with Gasteiger partial charge in [-0.05, 0) is 0 Å². The van der Waals surface area contributed by atoms with Gasteiger partial charge in [0.15, 0.2) is 11.6 Å². The Morgan fingerprint density at radius 1 is 1.00 bits per heavy atom. The molecule has 8 heteroatoms. The summed E-state index contributed by atoms with van der Waals surface area (Å²) in [6.45, 7) is 4.63. The number of aromatic nitrogens is 2. The van der Waals surface area contributed by atoms with E-state index in [2.05, 4.69) is 14.9 Å². The predicted octanol–water partition coefficient (Wildman–Crippen LogP) is 0.476. The fourth-order valence-corrected chi connectivity index (χ4v) is 3.24. The summed E-state index contributed by atoms with van der Waals surface area (Å²) in [5, 5.41) is 0. The third-order valence-electron chi connectivity index (χ3n) is 4.03. The molecule has 7 nitrogen and oxygen atoms in total. The highest BCUT2D eigenvalue weighted by molar-refractivity contribution is 6.22. The molecule has 21 heavy (non-hydrogen) atoms. The van der Waals surface area contributed by atoms with Gasteiger partial charge in [0.2, 0.25) is 5.75 Å². The van der Waals surface area contributed by atoms with Crippen LogP contribution in [-0.4, -0.2) is 67.6 Å². The van der Waals surface area contributed by atoms with E-state index in [9.17, 15) is 0 Å². The second-order valence-corrected chi connectivity index (χ2v) is 5.79. The molecule has 2 saturated heterocycles. The van der Waals surface area contributed by atoms with Crippen LogP contribution in [0.15, 0.2) is 6.33 Å². The quantitative estimate of drug-likeness (QED) is 0.552. The standard InChI is InChI=1S/C13H17ClN4O3/c14-10-7-20-4-2-18(10)13-11-12(15-8-16-13)17-1-3-19-5-9(17)6-21-11/h8-10H,1-7H2. The monoisotopic (exact) mass is 312 g/mol. The highest BCUT2D eigenvalue weighted by Gasteiger charge is 2.35. The van der Waals surface area contributed by atoms with Gasteiger partial charge in [-0.25, -0.2) is 9.97 Å². The van der Waals surface area contributed by atoms with E-state index in [1.807, 2.05) is 4.90 Å². The van der Waals surface area contributed by atoms with Gasteiger partial charge >= 0.3 is 0 Å². The molecule has 2 atom stereocenters. The Morgan fingerprint density at radius 3 is 2.52 bits per heavy atom. The van der Waals surface area contributed by atoms with Gasteiger partial charge in [-0.1, -0.05) is 11.6 Å². The van der Waals surface area contributed by atoms with Crippen LogP contribution in [0.2, 0.25) is 0 Å². The average Bonchev–Trinajstić information content (AvgIpc) is 2.55. The fourth-order valence-electron chi connectivity index (χ4n) is 2.96. The number of ether oxygens (including phenoxy) is 3. The molecular weight excluding hydrogens is 296 g/mol. The molecule has 114 valence electrons. The molecule has 2 fully saturated rings. The number of hydrogen-bond donors (Lipinski definition) is 0. The van der Waals surface area contributed by atoms with Crippen molar-refractivity contribution in [3.63, 3.8) is 0 Å². The Balaban J connectivity index is 1.70. The molecule has 0 saturated carbocycles. The Morgan fingerprint density at radius 2 is 1.71 bits per heavy atom. The summed E-state index contributed by atoms with van der Waals surface area (Å²) in [6.07, 6.45) is 1.58. The first-order valence-electron chi connectivity index (χ1n) is 7.15. The molecule has 3 aliphatic heterocycles. The molecule has 3 aliphatic rings. The Bertz CT molecular complexity index is 532. The van der Waals surface area contributed by atoms with Crippen molar-refractivity contribution < 1.29 is 14.2 Å². The number of hydrogen-bond acceptors (Lipinski definition) is 7. The van der Waals surface area contributed by atoms with E-state index >= 15 is 0 Å². The molecule has 4 rings (SSSR count). The number of anilines is 2. The zero-order valence-corrected chi connectivity index (χ0v) is 12.3. The summed E-state index contributed by atoms with van der Waals surface area (Å²) >= 11 is 6.35. The van der Waals surface area contributed by atoms with Crippen LogP contribution in [0.5, 0.6) is 5.75 Å². The number of rotatable bonds is 1. The van der Waals surface area contributed by atoms with Crippen LogP contribution < -0.4 is 14.5 Å². The molecule has 0 radical (unpaired) electrons. The number of nitrogens with zero attached hydrogens (tertiary/aromatic N) is 4. The van der Waals surface area contributed by atoms with Gasteiger partial charge in [-0.2, -0.15) is 0 Å². The minimum atomic E-state index is -0.233. The van der Waals surface area contributed by atoms with Crippen molar-refractivity contribution >= 4 is 23.2 Å². The molecule has 0 aromatic carbocycles. The van der Waals surface area contributed by atoms with E-state index in [-0.39, 0.29) is 11.5 Å². The van der Waals surface area contributed by atoms with Gasteiger partial charge < -0.3 is 24.0 Å². The minimum Gasteiger partial charge on any atom is -0.484 e. The molecule has 0 bridgehead atoms. The van der Waals surface area contributed by atoms with Crippen molar-refractivity contribution in [2.45, 2.75) is 11.5 Å². The van der Waals surface area contributed by atoms with Gasteiger partial charge in [0, 0.05) is 13.1 Å². The van der Waals surface area contributed by atoms with Crippen molar-refractivity contribution in [1.82, 2.24) is 9.97 Å². The van der Waals surface area contributed by atoms with Crippen LogP contribution in [0.1, 0.15) is 0 Å². The van der Waals surface area contributed by atoms with E-state index < -0.39 is 0 Å². The molecule has 0 N–H and O–H groups in total. The third-order valence-corrected chi connectivity index (χ3v) is 4.39. The van der Waals surface area contributed by atoms with E-state index in [4.69, 9.17) is 25.8 Å². The molecule has 0 spiro atoms. The van der Waals surface area contributed by atoms with E-state index in [1.54, 1.807) is 6.33 Å². The Kier molecular flexibility index (Phi) is 3.48. The molecule has 4 heterocycles. The maximum absolute atomic E-state index is 6.35. The molecule has 1 aromatic rings. The molecule has 2 unspecified atom stereocenters. The van der Waals surface area contributed by atoms with Crippen molar-refractivity contribution in [2.75, 3.05) is 55.9 Å². The first-order chi connectivity index (χ1) is 10.3. The first-order valence-corrected chi connectivity index (χ1v) is 7.59. The summed E-state index contributed by atoms with van der Waals surface area (Å²) in [5.41, 5.74) is -0.233. The van der Waals surface area contributed by atoms with Gasteiger partial charge in [-0.3, -0.25) is 0 Å². The Hall–Kier alpha value is -1.31. The fraction of sp³-hybridized carbons (Fsp3) is 0.692. The van der Waals surface area contributed by atoms with Crippen molar-refractivity contribution in [1.29, 1.82) is 0 Å². The second-order valence-electron chi connectivity index (χ2n) is 5.29. The van der Waals surface area contributed by atoms with Crippen molar-refractivity contribution in [2.24, 2.45) is 0 Å². The summed E-state index contributed by atoms with van der Waals surface area (Å²) in [7, 11) is 0. The van der Waals surface area contributed by atoms with E-state index in [0.717, 1.165) is 23.9 Å². The van der Waals surface area contributed by atoms with Crippen LogP contribution in [0.3, 0.4) is 0 Å². The lowest BCUT2D eigenvalue weighted by Gasteiger charge is -2.42. The van der Waals surface area contributed by atoms with Crippen LogP contribution >= 0.6 is 11.6 Å². The molecule has 0 aliphatic carbocycles. The van der Waals surface area contributed by atoms with Crippen LogP contribution in [0, 0.1) is 0 Å². The SMILES string of the molecule is ClC1COCCN1c1ncnc2c1OCC1COCCN21. The van der Waals surface area contributed by atoms with E-state index in [1.165, 1.54) is 0 Å². The van der Waals surface area contributed by atoms with Crippen LogP contribution in [-0.2, 0) is 9.47 Å². The maximum atomic E-state index is 6.35. The lowest BCUT2D eigenvalue weighted by atomic mass is 10.2. The van der Waals surface area contributed by atoms with Crippen LogP contribution in [0.4, 0.5) is 11.6 Å². The predicted molar refractivity (Wildman–Crippen MR) is 77.3 cm³/mol. The zero-order valence-electron chi connectivity index (χ0n) is 11.6. The summed E-state index contributed by atoms with van der Waals surface area (Å²) in [5.74, 6) is 2.33. The lowest BCUT2D eigenvalue weighted by molar-refractivity contribution is 0.0694. The van der Waals surface area contributed by atoms with E-state index in [0.29, 0.717) is 39.6 Å². The number of morpholine rings is 2. The minimum absolute atomic E-state index is 0.227. The average molecular weight is 313 g/mol. The number of alkyl halides is 1. The lowest BCUT2D eigenvalue weighted by Crippen LogP contribution is -2.52. The summed E-state index contributed by atoms with van der Waals surface area (Å²) in [6, 6.07) is 0.227. The summed E-state index contributed by atoms with van der Waals surface area (Å²) in [4.78, 5) is 13.1. The smallest absolute Gasteiger partial charge is 0.204 e. The Labute approximate surface area is 127 Å². The second kappa shape index (κ2) is 5.47. The van der Waals surface area contributed by atoms with Crippen molar-refractivity contribution in [3.05, 3.63) is 6.33 Å². The van der Waals surface area contributed by atoms with Gasteiger partial charge in [-0.15, -0.1) is 0 Å². The largest absolute Gasteiger partial charge is 0.484 e. The topological polar surface area (TPSA) is 60.0 Å². The van der Waals surface area contributed by atoms with Gasteiger partial charge in [0.1, 0.15) is 18.4 Å². The number of fused-ring (bicyclic) bond motifs is 3. The van der Waals surface area contributed by atoms with Gasteiger partial charge in [0.05, 0.1) is 32.5 Å². The summed E-state index contributed by atoms with van der Waals surface area (Å²) < 4.78 is 16.8. The molecule has 1 aromatic heterocycles. The maximum Gasteiger partial charge on any atom is 0.204 e. The third kappa shape index (κ3) is 2.29. The number of halogens is 1. The highest BCUT2D eigenvalue weighted by Crippen LogP contribution is 2.40. The van der Waals surface area contributed by atoms with Crippen LogP contribution in [0.25, 0.3) is 0 Å². The normalized spacial score (nSPS) is 28.6. The highest BCUT2D eigenvalue weighted by atomic mass is 35.5. The molecular formula is C13H17ClN4O3. The molecule has 0 amide bonds. The zero-order chi connectivity index (χ0) is 14.2. The van der Waals surface area contributed by atoms with Gasteiger partial charge in [0.25, 0.3) is 0 Å². The van der Waals surface area contributed by atoms with Crippen molar-refractivity contribution in [3.8, 4) is 5.75 Å².